The molecule has 0 radical (unpaired) electrons. The van der Waals surface area contributed by atoms with E-state index in [4.69, 9.17) is 9.52 Å². The Labute approximate surface area is 119 Å². The highest BCUT2D eigenvalue weighted by Crippen LogP contribution is 2.25. The van der Waals surface area contributed by atoms with Crippen LogP contribution in [-0.4, -0.2) is 44.8 Å². The van der Waals surface area contributed by atoms with Gasteiger partial charge in [0.25, 0.3) is 0 Å². The SMILES string of the molecule is O=C(O)C1CC(O)CN1Cc1coc(-c2cccs2)n1. The number of nitrogens with zero attached hydrogens (tertiary/aromatic N) is 2. The van der Waals surface area contributed by atoms with Gasteiger partial charge in [0.15, 0.2) is 0 Å². The highest BCUT2D eigenvalue weighted by Gasteiger charge is 2.36. The first-order valence-electron chi connectivity index (χ1n) is 6.26. The molecule has 6 nitrogen and oxygen atoms in total. The van der Waals surface area contributed by atoms with Gasteiger partial charge >= 0.3 is 5.97 Å². The number of hydrogen-bond acceptors (Lipinski definition) is 6. The van der Waals surface area contributed by atoms with E-state index in [1.807, 2.05) is 17.5 Å². The van der Waals surface area contributed by atoms with Gasteiger partial charge in [-0.15, -0.1) is 11.3 Å². The Bertz CT molecular complexity index is 595. The van der Waals surface area contributed by atoms with Crippen LogP contribution in [0.15, 0.2) is 28.2 Å². The van der Waals surface area contributed by atoms with Crippen LogP contribution < -0.4 is 0 Å². The number of carbonyl (C=O) groups is 1. The lowest BCUT2D eigenvalue weighted by Gasteiger charge is -2.18. The lowest BCUT2D eigenvalue weighted by molar-refractivity contribution is -0.142. The van der Waals surface area contributed by atoms with Gasteiger partial charge in [0, 0.05) is 19.5 Å². The minimum atomic E-state index is -0.913. The number of aliphatic hydroxyl groups excluding tert-OH is 1. The third-order valence-corrected chi connectivity index (χ3v) is 4.17. The van der Waals surface area contributed by atoms with E-state index in [2.05, 4.69) is 4.98 Å². The predicted octanol–water partition coefficient (Wildman–Crippen LogP) is 1.42. The van der Waals surface area contributed by atoms with Crippen molar-refractivity contribution in [2.45, 2.75) is 25.1 Å². The van der Waals surface area contributed by atoms with E-state index in [1.54, 1.807) is 11.2 Å². The number of aromatic nitrogens is 1. The van der Waals surface area contributed by atoms with Crippen LogP contribution in [0.2, 0.25) is 0 Å². The van der Waals surface area contributed by atoms with Crippen LogP contribution in [0.25, 0.3) is 10.8 Å². The number of aliphatic carboxylic acids is 1. The van der Waals surface area contributed by atoms with Crippen LogP contribution in [0.4, 0.5) is 0 Å². The smallest absolute Gasteiger partial charge is 0.321 e. The summed E-state index contributed by atoms with van der Waals surface area (Å²) in [5.74, 6) is -0.370. The maximum absolute atomic E-state index is 11.1. The number of oxazole rings is 1. The van der Waals surface area contributed by atoms with E-state index in [-0.39, 0.29) is 6.42 Å². The molecule has 3 rings (SSSR count). The summed E-state index contributed by atoms with van der Waals surface area (Å²) >= 11 is 1.53. The van der Waals surface area contributed by atoms with E-state index >= 15 is 0 Å². The molecule has 2 aromatic rings. The van der Waals surface area contributed by atoms with Crippen LogP contribution in [0.3, 0.4) is 0 Å². The topological polar surface area (TPSA) is 86.8 Å². The molecule has 1 saturated heterocycles. The maximum atomic E-state index is 11.1. The van der Waals surface area contributed by atoms with Gasteiger partial charge in [-0.25, -0.2) is 4.98 Å². The summed E-state index contributed by atoms with van der Waals surface area (Å²) in [6, 6.07) is 3.17. The van der Waals surface area contributed by atoms with Crippen LogP contribution in [0.5, 0.6) is 0 Å². The number of carboxylic acid groups (broad SMARTS) is 1. The van der Waals surface area contributed by atoms with Crippen molar-refractivity contribution in [3.8, 4) is 10.8 Å². The van der Waals surface area contributed by atoms with Gasteiger partial charge in [-0.1, -0.05) is 6.07 Å². The van der Waals surface area contributed by atoms with E-state index in [0.29, 0.717) is 24.7 Å². The van der Waals surface area contributed by atoms with Gasteiger partial charge in [0.1, 0.15) is 12.3 Å². The Kier molecular flexibility index (Phi) is 3.56. The van der Waals surface area contributed by atoms with Crippen molar-refractivity contribution >= 4 is 17.3 Å². The summed E-state index contributed by atoms with van der Waals surface area (Å²) in [5, 5.41) is 20.7. The lowest BCUT2D eigenvalue weighted by atomic mass is 10.2. The third kappa shape index (κ3) is 2.60. The Morgan fingerprint density at radius 1 is 1.60 bits per heavy atom. The van der Waals surface area contributed by atoms with Crippen molar-refractivity contribution in [3.63, 3.8) is 0 Å². The molecule has 106 valence electrons. The van der Waals surface area contributed by atoms with Crippen LogP contribution in [-0.2, 0) is 11.3 Å². The van der Waals surface area contributed by atoms with E-state index in [9.17, 15) is 9.90 Å². The number of likely N-dealkylation sites (tertiary alicyclic amines) is 1. The van der Waals surface area contributed by atoms with Gasteiger partial charge in [-0.05, 0) is 11.4 Å². The van der Waals surface area contributed by atoms with Crippen LogP contribution in [0, 0.1) is 0 Å². The average Bonchev–Trinajstić information content (AvgIpc) is 3.09. The largest absolute Gasteiger partial charge is 0.480 e. The van der Waals surface area contributed by atoms with E-state index < -0.39 is 18.1 Å². The number of rotatable bonds is 4. The molecule has 2 N–H and O–H groups in total. The van der Waals surface area contributed by atoms with Crippen molar-refractivity contribution in [2.24, 2.45) is 0 Å². The summed E-state index contributed by atoms with van der Waals surface area (Å²) in [6.07, 6.45) is 1.20. The molecule has 1 aliphatic heterocycles. The van der Waals surface area contributed by atoms with Crippen molar-refractivity contribution < 1.29 is 19.4 Å². The fraction of sp³-hybridized carbons (Fsp3) is 0.385. The molecule has 2 atom stereocenters. The number of aliphatic hydroxyl groups is 1. The fourth-order valence-corrected chi connectivity index (χ4v) is 3.07. The molecule has 1 fully saturated rings. The quantitative estimate of drug-likeness (QED) is 0.887. The monoisotopic (exact) mass is 294 g/mol. The average molecular weight is 294 g/mol. The zero-order valence-corrected chi connectivity index (χ0v) is 11.4. The molecular weight excluding hydrogens is 280 g/mol. The van der Waals surface area contributed by atoms with Gasteiger partial charge in [0.2, 0.25) is 5.89 Å². The first kappa shape index (κ1) is 13.3. The highest BCUT2D eigenvalue weighted by molar-refractivity contribution is 7.13. The zero-order chi connectivity index (χ0) is 14.1. The molecule has 0 bridgehead atoms. The molecule has 0 saturated carbocycles. The third-order valence-electron chi connectivity index (χ3n) is 3.32. The molecule has 2 aromatic heterocycles. The summed E-state index contributed by atoms with van der Waals surface area (Å²) in [7, 11) is 0. The van der Waals surface area contributed by atoms with Crippen molar-refractivity contribution in [1.82, 2.24) is 9.88 Å². The summed E-state index contributed by atoms with van der Waals surface area (Å²) in [4.78, 5) is 18.2. The normalized spacial score (nSPS) is 23.2. The second kappa shape index (κ2) is 5.35. The van der Waals surface area contributed by atoms with Gasteiger partial charge in [-0.3, -0.25) is 9.69 Å². The molecular formula is C13H14N2O4S. The molecule has 7 heteroatoms. The minimum Gasteiger partial charge on any atom is -0.480 e. The second-order valence-corrected chi connectivity index (χ2v) is 5.74. The van der Waals surface area contributed by atoms with Crippen molar-refractivity contribution in [3.05, 3.63) is 29.5 Å². The summed E-state index contributed by atoms with van der Waals surface area (Å²) < 4.78 is 5.40. The summed E-state index contributed by atoms with van der Waals surface area (Å²) in [5.41, 5.74) is 0.675. The summed E-state index contributed by atoms with van der Waals surface area (Å²) in [6.45, 7) is 0.709. The van der Waals surface area contributed by atoms with Gasteiger partial charge < -0.3 is 14.6 Å². The Morgan fingerprint density at radius 2 is 2.45 bits per heavy atom. The van der Waals surface area contributed by atoms with Gasteiger partial charge in [-0.2, -0.15) is 0 Å². The maximum Gasteiger partial charge on any atom is 0.321 e. The molecule has 3 heterocycles. The highest BCUT2D eigenvalue weighted by atomic mass is 32.1. The Balaban J connectivity index is 1.73. The van der Waals surface area contributed by atoms with Crippen LogP contribution >= 0.6 is 11.3 Å². The van der Waals surface area contributed by atoms with E-state index in [0.717, 1.165) is 4.88 Å². The fourth-order valence-electron chi connectivity index (χ4n) is 2.41. The molecule has 20 heavy (non-hydrogen) atoms. The zero-order valence-electron chi connectivity index (χ0n) is 10.6. The van der Waals surface area contributed by atoms with Crippen molar-refractivity contribution in [2.75, 3.05) is 6.54 Å². The van der Waals surface area contributed by atoms with Gasteiger partial charge in [0.05, 0.1) is 16.7 Å². The first-order valence-corrected chi connectivity index (χ1v) is 7.14. The number of thiophene rings is 1. The van der Waals surface area contributed by atoms with Crippen LogP contribution in [0.1, 0.15) is 12.1 Å². The predicted molar refractivity (Wildman–Crippen MR) is 72.3 cm³/mol. The number of carboxylic acids is 1. The Morgan fingerprint density at radius 3 is 3.15 bits per heavy atom. The van der Waals surface area contributed by atoms with E-state index in [1.165, 1.54) is 11.3 Å². The Hall–Kier alpha value is -1.70. The second-order valence-electron chi connectivity index (χ2n) is 4.79. The standard InChI is InChI=1S/C13H14N2O4S/c16-9-4-10(13(17)18)15(6-9)5-8-7-19-12(14-8)11-2-1-3-20-11/h1-3,7,9-10,16H,4-6H2,(H,17,18). The molecule has 0 aliphatic carbocycles. The lowest BCUT2D eigenvalue weighted by Crippen LogP contribution is -2.35. The first-order chi connectivity index (χ1) is 9.63. The van der Waals surface area contributed by atoms with Crippen molar-refractivity contribution in [1.29, 1.82) is 0 Å². The molecule has 0 spiro atoms. The number of β-amino-alcohol motifs (C(OH)–C–C–N with tert-alkyl or cyclic N) is 1. The number of hydrogen-bond donors (Lipinski definition) is 2. The molecule has 0 amide bonds. The minimum absolute atomic E-state index is 0.255. The molecule has 1 aliphatic rings. The molecule has 0 aromatic carbocycles. The molecule has 2 unspecified atom stereocenters.